The molecule has 1 atom stereocenters. The van der Waals surface area contributed by atoms with E-state index in [-0.39, 0.29) is 28.9 Å². The molecular weight excluding hydrogens is 374 g/mol. The summed E-state index contributed by atoms with van der Waals surface area (Å²) in [6, 6.07) is 13.7. The van der Waals surface area contributed by atoms with Crippen LogP contribution in [0.15, 0.2) is 48.5 Å². The van der Waals surface area contributed by atoms with Crippen molar-refractivity contribution >= 4 is 11.6 Å². The molecule has 0 aromatic heterocycles. The zero-order valence-corrected chi connectivity index (χ0v) is 16.4. The Morgan fingerprint density at radius 2 is 1.97 bits per heavy atom. The maximum absolute atomic E-state index is 12.9. The van der Waals surface area contributed by atoms with Crippen molar-refractivity contribution in [3.8, 4) is 5.75 Å². The number of rotatable bonds is 8. The van der Waals surface area contributed by atoms with Crippen LogP contribution in [0.2, 0.25) is 0 Å². The fourth-order valence-electron chi connectivity index (χ4n) is 3.28. The number of carbonyl (C=O) groups excluding carboxylic acids is 1. The predicted octanol–water partition coefficient (Wildman–Crippen LogP) is 2.80. The lowest BCUT2D eigenvalue weighted by molar-refractivity contribution is -0.385. The van der Waals surface area contributed by atoms with E-state index in [1.54, 1.807) is 13.0 Å². The van der Waals surface area contributed by atoms with Gasteiger partial charge in [0.25, 0.3) is 5.91 Å². The van der Waals surface area contributed by atoms with Gasteiger partial charge >= 0.3 is 5.69 Å². The van der Waals surface area contributed by atoms with Crippen molar-refractivity contribution in [3.63, 3.8) is 0 Å². The van der Waals surface area contributed by atoms with Crippen molar-refractivity contribution < 1.29 is 19.2 Å². The molecule has 1 aliphatic rings. The first-order chi connectivity index (χ1) is 14.1. The van der Waals surface area contributed by atoms with Crippen LogP contribution in [-0.4, -0.2) is 55.2 Å². The van der Waals surface area contributed by atoms with Gasteiger partial charge in [-0.25, -0.2) is 0 Å². The van der Waals surface area contributed by atoms with Gasteiger partial charge in [-0.1, -0.05) is 30.3 Å². The van der Waals surface area contributed by atoms with E-state index in [0.29, 0.717) is 26.4 Å². The molecule has 8 nitrogen and oxygen atoms in total. The Hall–Kier alpha value is -2.97. The number of amides is 1. The van der Waals surface area contributed by atoms with Crippen LogP contribution in [0.4, 0.5) is 5.69 Å². The zero-order valence-electron chi connectivity index (χ0n) is 16.4. The fraction of sp³-hybridized carbons (Fsp3) is 0.381. The molecule has 0 aliphatic carbocycles. The Morgan fingerprint density at radius 1 is 1.24 bits per heavy atom. The monoisotopic (exact) mass is 399 g/mol. The fourth-order valence-corrected chi connectivity index (χ4v) is 3.28. The van der Waals surface area contributed by atoms with E-state index >= 15 is 0 Å². The SMILES string of the molecule is CCOc1ccc(C(=O)NC(CN2CCOCC2)c2ccccc2)cc1[N+](=O)[O-]. The van der Waals surface area contributed by atoms with Crippen LogP contribution in [0.25, 0.3) is 0 Å². The first-order valence-electron chi connectivity index (χ1n) is 9.65. The predicted molar refractivity (Wildman–Crippen MR) is 108 cm³/mol. The van der Waals surface area contributed by atoms with E-state index in [1.807, 2.05) is 30.3 Å². The molecule has 1 heterocycles. The molecule has 1 unspecified atom stereocenters. The van der Waals surface area contributed by atoms with E-state index in [4.69, 9.17) is 9.47 Å². The second-order valence-electron chi connectivity index (χ2n) is 6.72. The molecule has 1 fully saturated rings. The third-order valence-electron chi connectivity index (χ3n) is 4.77. The molecule has 1 amide bonds. The van der Waals surface area contributed by atoms with Crippen molar-refractivity contribution in [2.45, 2.75) is 13.0 Å². The molecular formula is C21H25N3O5. The highest BCUT2D eigenvalue weighted by atomic mass is 16.6. The molecule has 0 bridgehead atoms. The van der Waals surface area contributed by atoms with Crippen LogP contribution < -0.4 is 10.1 Å². The summed E-state index contributed by atoms with van der Waals surface area (Å²) in [7, 11) is 0. The molecule has 3 rings (SSSR count). The summed E-state index contributed by atoms with van der Waals surface area (Å²) in [5, 5.41) is 14.4. The number of hydrogen-bond donors (Lipinski definition) is 1. The van der Waals surface area contributed by atoms with Crippen LogP contribution in [0.3, 0.4) is 0 Å². The largest absolute Gasteiger partial charge is 0.487 e. The van der Waals surface area contributed by atoms with Crippen molar-refractivity contribution in [1.29, 1.82) is 0 Å². The first-order valence-corrected chi connectivity index (χ1v) is 9.65. The van der Waals surface area contributed by atoms with Gasteiger partial charge in [0.2, 0.25) is 0 Å². The molecule has 0 spiro atoms. The molecule has 1 saturated heterocycles. The number of hydrogen-bond acceptors (Lipinski definition) is 6. The van der Waals surface area contributed by atoms with E-state index in [9.17, 15) is 14.9 Å². The molecule has 1 N–H and O–H groups in total. The number of carbonyl (C=O) groups is 1. The Labute approximate surface area is 169 Å². The molecule has 0 radical (unpaired) electrons. The van der Waals surface area contributed by atoms with Gasteiger partial charge in [-0.3, -0.25) is 19.8 Å². The molecule has 154 valence electrons. The van der Waals surface area contributed by atoms with Gasteiger partial charge in [0.1, 0.15) is 0 Å². The van der Waals surface area contributed by atoms with Crippen LogP contribution in [0, 0.1) is 10.1 Å². The molecule has 1 aliphatic heterocycles. The van der Waals surface area contributed by atoms with E-state index in [2.05, 4.69) is 10.2 Å². The number of morpholine rings is 1. The third kappa shape index (κ3) is 5.52. The Balaban J connectivity index is 1.80. The number of nitro benzene ring substituents is 1. The molecule has 0 saturated carbocycles. The lowest BCUT2D eigenvalue weighted by atomic mass is 10.0. The van der Waals surface area contributed by atoms with Crippen LogP contribution in [0.1, 0.15) is 28.9 Å². The number of benzene rings is 2. The second-order valence-corrected chi connectivity index (χ2v) is 6.72. The number of nitrogens with zero attached hydrogens (tertiary/aromatic N) is 2. The van der Waals surface area contributed by atoms with Crippen LogP contribution in [0.5, 0.6) is 5.75 Å². The highest BCUT2D eigenvalue weighted by molar-refractivity contribution is 5.95. The van der Waals surface area contributed by atoms with E-state index in [1.165, 1.54) is 12.1 Å². The lowest BCUT2D eigenvalue weighted by Crippen LogP contribution is -2.43. The minimum Gasteiger partial charge on any atom is -0.487 e. The van der Waals surface area contributed by atoms with Crippen molar-refractivity contribution in [3.05, 3.63) is 69.8 Å². The van der Waals surface area contributed by atoms with Gasteiger partial charge in [-0.05, 0) is 24.6 Å². The van der Waals surface area contributed by atoms with Gasteiger partial charge in [-0.2, -0.15) is 0 Å². The second kappa shape index (κ2) is 9.99. The van der Waals surface area contributed by atoms with Gasteiger partial charge in [0.15, 0.2) is 5.75 Å². The van der Waals surface area contributed by atoms with Crippen LogP contribution >= 0.6 is 0 Å². The van der Waals surface area contributed by atoms with Gasteiger partial charge in [0.05, 0.1) is 30.8 Å². The van der Waals surface area contributed by atoms with E-state index < -0.39 is 4.92 Å². The summed E-state index contributed by atoms with van der Waals surface area (Å²) in [4.78, 5) is 26.0. The summed E-state index contributed by atoms with van der Waals surface area (Å²) in [6.45, 7) is 5.63. The lowest BCUT2D eigenvalue weighted by Gasteiger charge is -2.31. The Morgan fingerprint density at radius 3 is 2.62 bits per heavy atom. The molecule has 2 aromatic rings. The van der Waals surface area contributed by atoms with Gasteiger partial charge in [-0.15, -0.1) is 0 Å². The average molecular weight is 399 g/mol. The minimum atomic E-state index is -0.538. The van der Waals surface area contributed by atoms with Crippen molar-refractivity contribution in [1.82, 2.24) is 10.2 Å². The summed E-state index contributed by atoms with van der Waals surface area (Å²) in [6.07, 6.45) is 0. The van der Waals surface area contributed by atoms with Crippen molar-refractivity contribution in [2.24, 2.45) is 0 Å². The topological polar surface area (TPSA) is 93.9 Å². The average Bonchev–Trinajstić information content (AvgIpc) is 2.75. The number of nitro groups is 1. The first kappa shape index (κ1) is 20.8. The number of nitrogens with one attached hydrogen (secondary N) is 1. The van der Waals surface area contributed by atoms with E-state index in [0.717, 1.165) is 18.7 Å². The van der Waals surface area contributed by atoms with Gasteiger partial charge in [0, 0.05) is 31.3 Å². The van der Waals surface area contributed by atoms with Crippen LogP contribution in [-0.2, 0) is 4.74 Å². The number of ether oxygens (including phenoxy) is 2. The standard InChI is InChI=1S/C21H25N3O5/c1-2-29-20-9-8-17(14-19(20)24(26)27)21(25)22-18(16-6-4-3-5-7-16)15-23-10-12-28-13-11-23/h3-9,14,18H,2,10-13,15H2,1H3,(H,22,25). The maximum atomic E-state index is 12.9. The molecule has 29 heavy (non-hydrogen) atoms. The van der Waals surface area contributed by atoms with Gasteiger partial charge < -0.3 is 14.8 Å². The zero-order chi connectivity index (χ0) is 20.6. The summed E-state index contributed by atoms with van der Waals surface area (Å²) in [5.41, 5.74) is 0.986. The summed E-state index contributed by atoms with van der Waals surface area (Å²) >= 11 is 0. The third-order valence-corrected chi connectivity index (χ3v) is 4.77. The highest BCUT2D eigenvalue weighted by Gasteiger charge is 2.23. The minimum absolute atomic E-state index is 0.155. The highest BCUT2D eigenvalue weighted by Crippen LogP contribution is 2.28. The summed E-state index contributed by atoms with van der Waals surface area (Å²) in [5.74, 6) is -0.208. The molecule has 8 heteroatoms. The normalized spacial score (nSPS) is 15.5. The Kier molecular flexibility index (Phi) is 7.15. The maximum Gasteiger partial charge on any atom is 0.311 e. The molecule has 2 aromatic carbocycles. The quantitative estimate of drug-likeness (QED) is 0.542. The Bertz CT molecular complexity index is 837. The van der Waals surface area contributed by atoms with Crippen molar-refractivity contribution in [2.75, 3.05) is 39.5 Å². The smallest absolute Gasteiger partial charge is 0.311 e. The summed E-state index contributed by atoms with van der Waals surface area (Å²) < 4.78 is 10.7.